The minimum absolute atomic E-state index is 0.614. The highest BCUT2D eigenvalue weighted by Crippen LogP contribution is 2.26. The summed E-state index contributed by atoms with van der Waals surface area (Å²) in [6.07, 6.45) is 0. The quantitative estimate of drug-likeness (QED) is 0.638. The summed E-state index contributed by atoms with van der Waals surface area (Å²) in [6.45, 7) is 0. The zero-order chi connectivity index (χ0) is 11.8. The SMILES string of the molecule is Clc1ccc(-n2nc3ccccc3c2Cl)cc1. The van der Waals surface area contributed by atoms with Gasteiger partial charge in [0.1, 0.15) is 5.15 Å². The topological polar surface area (TPSA) is 17.8 Å². The van der Waals surface area contributed by atoms with Crippen molar-refractivity contribution in [3.8, 4) is 5.69 Å². The molecule has 0 bridgehead atoms. The number of rotatable bonds is 1. The number of benzene rings is 2. The Morgan fingerprint density at radius 1 is 0.882 bits per heavy atom. The fourth-order valence-electron chi connectivity index (χ4n) is 1.75. The molecule has 1 aromatic heterocycles. The normalized spacial score (nSPS) is 10.9. The lowest BCUT2D eigenvalue weighted by molar-refractivity contribution is 0.897. The molecule has 2 nitrogen and oxygen atoms in total. The molecule has 1 heterocycles. The molecule has 3 rings (SSSR count). The summed E-state index contributed by atoms with van der Waals surface area (Å²) < 4.78 is 1.71. The van der Waals surface area contributed by atoms with Gasteiger partial charge < -0.3 is 0 Å². The van der Waals surface area contributed by atoms with E-state index in [1.165, 1.54) is 0 Å². The Balaban J connectivity index is 2.24. The van der Waals surface area contributed by atoms with Crippen molar-refractivity contribution in [3.63, 3.8) is 0 Å². The fourth-order valence-corrected chi connectivity index (χ4v) is 2.18. The lowest BCUT2D eigenvalue weighted by Crippen LogP contribution is -1.95. The van der Waals surface area contributed by atoms with Crippen LogP contribution in [0.25, 0.3) is 16.6 Å². The Kier molecular flexibility index (Phi) is 2.54. The number of fused-ring (bicyclic) bond motifs is 1. The predicted molar refractivity (Wildman–Crippen MR) is 71.1 cm³/mol. The van der Waals surface area contributed by atoms with E-state index in [0.717, 1.165) is 16.6 Å². The number of hydrogen-bond acceptors (Lipinski definition) is 1. The summed E-state index contributed by atoms with van der Waals surface area (Å²) in [5.74, 6) is 0. The van der Waals surface area contributed by atoms with Gasteiger partial charge >= 0.3 is 0 Å². The van der Waals surface area contributed by atoms with Gasteiger partial charge in [-0.25, -0.2) is 4.68 Å². The van der Waals surface area contributed by atoms with Crippen LogP contribution >= 0.6 is 23.2 Å². The van der Waals surface area contributed by atoms with Crippen molar-refractivity contribution >= 4 is 34.1 Å². The molecule has 0 aliphatic heterocycles. The molecule has 0 saturated carbocycles. The van der Waals surface area contributed by atoms with E-state index in [0.29, 0.717) is 10.2 Å². The van der Waals surface area contributed by atoms with Crippen molar-refractivity contribution in [1.29, 1.82) is 0 Å². The lowest BCUT2D eigenvalue weighted by atomic mass is 10.3. The molecule has 0 aliphatic carbocycles. The Morgan fingerprint density at radius 2 is 1.59 bits per heavy atom. The first-order valence-corrected chi connectivity index (χ1v) is 5.90. The largest absolute Gasteiger partial charge is 0.221 e. The molecular formula is C13H8Cl2N2. The van der Waals surface area contributed by atoms with Crippen LogP contribution < -0.4 is 0 Å². The van der Waals surface area contributed by atoms with Crippen molar-refractivity contribution in [2.75, 3.05) is 0 Å². The first kappa shape index (κ1) is 10.6. The maximum absolute atomic E-state index is 6.30. The van der Waals surface area contributed by atoms with E-state index in [-0.39, 0.29) is 0 Å². The minimum Gasteiger partial charge on any atom is -0.221 e. The van der Waals surface area contributed by atoms with Crippen molar-refractivity contribution in [2.24, 2.45) is 0 Å². The van der Waals surface area contributed by atoms with E-state index in [4.69, 9.17) is 23.2 Å². The van der Waals surface area contributed by atoms with Crippen molar-refractivity contribution < 1.29 is 0 Å². The fraction of sp³-hybridized carbons (Fsp3) is 0. The lowest BCUT2D eigenvalue weighted by Gasteiger charge is -2.02. The van der Waals surface area contributed by atoms with Gasteiger partial charge in [0.2, 0.25) is 0 Å². The molecule has 0 aliphatic rings. The second-order valence-corrected chi connectivity index (χ2v) is 4.49. The Bertz CT molecular complexity index is 671. The van der Waals surface area contributed by atoms with Crippen LogP contribution in [-0.4, -0.2) is 9.78 Å². The molecule has 0 saturated heterocycles. The van der Waals surface area contributed by atoms with Gasteiger partial charge in [-0.2, -0.15) is 5.10 Å². The van der Waals surface area contributed by atoms with E-state index in [9.17, 15) is 0 Å². The van der Waals surface area contributed by atoms with E-state index in [1.54, 1.807) is 4.68 Å². The molecule has 0 spiro atoms. The summed E-state index contributed by atoms with van der Waals surface area (Å²) in [5.41, 5.74) is 1.78. The minimum atomic E-state index is 0.614. The van der Waals surface area contributed by atoms with Crippen molar-refractivity contribution in [2.45, 2.75) is 0 Å². The average molecular weight is 263 g/mol. The van der Waals surface area contributed by atoms with Crippen molar-refractivity contribution in [1.82, 2.24) is 9.78 Å². The highest BCUT2D eigenvalue weighted by atomic mass is 35.5. The third-order valence-electron chi connectivity index (χ3n) is 2.59. The van der Waals surface area contributed by atoms with Crippen molar-refractivity contribution in [3.05, 3.63) is 58.7 Å². The highest BCUT2D eigenvalue weighted by molar-refractivity contribution is 6.34. The second kappa shape index (κ2) is 4.06. The summed E-state index contributed by atoms with van der Waals surface area (Å²) in [5, 5.41) is 6.71. The van der Waals surface area contributed by atoms with Gasteiger partial charge in [0.05, 0.1) is 11.2 Å². The standard InChI is InChI=1S/C13H8Cl2N2/c14-9-5-7-10(8-6-9)17-13(15)11-3-1-2-4-12(11)16-17/h1-8H. The molecule has 0 atom stereocenters. The van der Waals surface area contributed by atoms with Gasteiger partial charge in [-0.05, 0) is 36.4 Å². The first-order chi connectivity index (χ1) is 8.25. The molecule has 0 radical (unpaired) electrons. The predicted octanol–water partition coefficient (Wildman–Crippen LogP) is 4.33. The summed E-state index contributed by atoms with van der Waals surface area (Å²) in [7, 11) is 0. The average Bonchev–Trinajstić information content (AvgIpc) is 2.69. The molecular weight excluding hydrogens is 255 g/mol. The molecule has 0 amide bonds. The van der Waals surface area contributed by atoms with Gasteiger partial charge in [0.25, 0.3) is 0 Å². The smallest absolute Gasteiger partial charge is 0.140 e. The molecule has 0 N–H and O–H groups in total. The molecule has 2 aromatic carbocycles. The maximum atomic E-state index is 6.30. The monoisotopic (exact) mass is 262 g/mol. The van der Waals surface area contributed by atoms with E-state index in [2.05, 4.69) is 5.10 Å². The Labute approximate surface area is 108 Å². The Hall–Kier alpha value is -1.51. The van der Waals surface area contributed by atoms with Gasteiger partial charge in [-0.3, -0.25) is 0 Å². The summed E-state index contributed by atoms with van der Waals surface area (Å²) in [6, 6.07) is 15.2. The summed E-state index contributed by atoms with van der Waals surface area (Å²) in [4.78, 5) is 0. The summed E-state index contributed by atoms with van der Waals surface area (Å²) >= 11 is 12.2. The van der Waals surface area contributed by atoms with Gasteiger partial charge in [0.15, 0.2) is 0 Å². The highest BCUT2D eigenvalue weighted by Gasteiger charge is 2.09. The molecule has 0 fully saturated rings. The van der Waals surface area contributed by atoms with E-state index >= 15 is 0 Å². The van der Waals surface area contributed by atoms with Crippen LogP contribution in [0, 0.1) is 0 Å². The van der Waals surface area contributed by atoms with Crippen LogP contribution in [0.15, 0.2) is 48.5 Å². The van der Waals surface area contributed by atoms with Gasteiger partial charge in [-0.1, -0.05) is 35.3 Å². The third-order valence-corrected chi connectivity index (χ3v) is 3.21. The van der Waals surface area contributed by atoms with Crippen LogP contribution in [0.5, 0.6) is 0 Å². The number of nitrogens with zero attached hydrogens (tertiary/aromatic N) is 2. The molecule has 3 aromatic rings. The molecule has 4 heteroatoms. The van der Waals surface area contributed by atoms with Crippen LogP contribution in [0.3, 0.4) is 0 Å². The Morgan fingerprint density at radius 3 is 2.29 bits per heavy atom. The van der Waals surface area contributed by atoms with Crippen LogP contribution in [-0.2, 0) is 0 Å². The number of aromatic nitrogens is 2. The maximum Gasteiger partial charge on any atom is 0.140 e. The zero-order valence-electron chi connectivity index (χ0n) is 8.77. The zero-order valence-corrected chi connectivity index (χ0v) is 10.3. The molecule has 0 unspecified atom stereocenters. The van der Waals surface area contributed by atoms with Crippen LogP contribution in [0.2, 0.25) is 10.2 Å². The molecule has 84 valence electrons. The first-order valence-electron chi connectivity index (χ1n) is 5.15. The van der Waals surface area contributed by atoms with Gasteiger partial charge in [0, 0.05) is 10.4 Å². The third kappa shape index (κ3) is 1.79. The van der Waals surface area contributed by atoms with E-state index in [1.807, 2.05) is 48.5 Å². The van der Waals surface area contributed by atoms with Crippen LogP contribution in [0.1, 0.15) is 0 Å². The van der Waals surface area contributed by atoms with Gasteiger partial charge in [-0.15, -0.1) is 0 Å². The number of hydrogen-bond donors (Lipinski definition) is 0. The second-order valence-electron chi connectivity index (χ2n) is 3.70. The number of halogens is 2. The van der Waals surface area contributed by atoms with E-state index < -0.39 is 0 Å². The van der Waals surface area contributed by atoms with Crippen LogP contribution in [0.4, 0.5) is 0 Å². The molecule has 17 heavy (non-hydrogen) atoms.